The van der Waals surface area contributed by atoms with E-state index in [9.17, 15) is 4.79 Å². The van der Waals surface area contributed by atoms with Crippen molar-refractivity contribution in [2.45, 2.75) is 11.3 Å². The normalized spacial score (nSPS) is 8.46. The zero-order chi connectivity index (χ0) is 10.1. The highest BCUT2D eigenvalue weighted by molar-refractivity contribution is 7.80. The van der Waals surface area contributed by atoms with Crippen molar-refractivity contribution in [1.82, 2.24) is 0 Å². The lowest BCUT2D eigenvalue weighted by molar-refractivity contribution is -0.136. The number of thiol groups is 1. The lowest BCUT2D eigenvalue weighted by Gasteiger charge is -1.81. The molecule has 1 aromatic carbocycles. The highest BCUT2D eigenvalue weighted by Gasteiger charge is 1.87. The van der Waals surface area contributed by atoms with E-state index < -0.39 is 5.97 Å². The minimum atomic E-state index is -0.836. The molecule has 0 heterocycles. The van der Waals surface area contributed by atoms with Gasteiger partial charge in [-0.2, -0.15) is 0 Å². The van der Waals surface area contributed by atoms with Gasteiger partial charge in [-0.05, 0) is 12.1 Å². The minimum absolute atomic E-state index is 0.0694. The Morgan fingerprint density at radius 1 is 1.38 bits per heavy atom. The third kappa shape index (κ3) is 8.91. The Bertz CT molecular complexity index is 239. The van der Waals surface area contributed by atoms with Gasteiger partial charge in [0, 0.05) is 11.4 Å². The van der Waals surface area contributed by atoms with Gasteiger partial charge in [0.1, 0.15) is 0 Å². The van der Waals surface area contributed by atoms with Gasteiger partial charge in [-0.25, -0.2) is 0 Å². The number of hydrogen-bond acceptors (Lipinski definition) is 3. The summed E-state index contributed by atoms with van der Waals surface area (Å²) in [6, 6.07) is 9.79. The van der Waals surface area contributed by atoms with Crippen LogP contribution in [0.5, 0.6) is 0 Å². The second kappa shape index (κ2) is 7.64. The van der Waals surface area contributed by atoms with Crippen molar-refractivity contribution in [2.75, 3.05) is 6.54 Å². The first-order valence-corrected chi connectivity index (χ1v) is 4.27. The van der Waals surface area contributed by atoms with Crippen molar-refractivity contribution in [1.29, 1.82) is 0 Å². The lowest BCUT2D eigenvalue weighted by Crippen LogP contribution is -2.05. The lowest BCUT2D eigenvalue weighted by atomic mass is 10.4. The summed E-state index contributed by atoms with van der Waals surface area (Å²) in [4.78, 5) is 10.5. The molecule has 0 amide bonds. The van der Waals surface area contributed by atoms with Gasteiger partial charge in [-0.1, -0.05) is 18.2 Å². The van der Waals surface area contributed by atoms with E-state index in [1.54, 1.807) is 0 Å². The minimum Gasteiger partial charge on any atom is -0.481 e. The first-order chi connectivity index (χ1) is 6.16. The third-order valence-corrected chi connectivity index (χ3v) is 1.41. The first-order valence-electron chi connectivity index (χ1n) is 3.82. The second-order valence-corrected chi connectivity index (χ2v) is 2.78. The van der Waals surface area contributed by atoms with Crippen LogP contribution in [-0.4, -0.2) is 17.6 Å². The fourth-order valence-corrected chi connectivity index (χ4v) is 0.724. The molecule has 0 unspecified atom stereocenters. The van der Waals surface area contributed by atoms with Crippen molar-refractivity contribution < 1.29 is 9.90 Å². The van der Waals surface area contributed by atoms with Crippen molar-refractivity contribution in [3.63, 3.8) is 0 Å². The summed E-state index contributed by atoms with van der Waals surface area (Å²) in [6.07, 6.45) is 0.0694. The average Bonchev–Trinajstić information content (AvgIpc) is 2.06. The molecule has 0 radical (unpaired) electrons. The zero-order valence-electron chi connectivity index (χ0n) is 7.18. The van der Waals surface area contributed by atoms with Crippen LogP contribution in [0.25, 0.3) is 0 Å². The van der Waals surface area contributed by atoms with Crippen molar-refractivity contribution in [2.24, 2.45) is 5.73 Å². The van der Waals surface area contributed by atoms with Crippen LogP contribution in [0.1, 0.15) is 6.42 Å². The molecular formula is C9H13NO2S. The van der Waals surface area contributed by atoms with Crippen molar-refractivity contribution in [3.05, 3.63) is 30.3 Å². The molecule has 0 bridgehead atoms. The average molecular weight is 199 g/mol. The van der Waals surface area contributed by atoms with E-state index in [4.69, 9.17) is 10.8 Å². The summed E-state index contributed by atoms with van der Waals surface area (Å²) in [6.45, 7) is 0.231. The summed E-state index contributed by atoms with van der Waals surface area (Å²) in [5.74, 6) is -0.836. The smallest absolute Gasteiger partial charge is 0.304 e. The van der Waals surface area contributed by atoms with E-state index in [0.717, 1.165) is 4.90 Å². The van der Waals surface area contributed by atoms with E-state index in [1.165, 1.54) is 0 Å². The van der Waals surface area contributed by atoms with Crippen LogP contribution < -0.4 is 5.73 Å². The molecule has 13 heavy (non-hydrogen) atoms. The molecule has 1 rings (SSSR count). The van der Waals surface area contributed by atoms with Crippen LogP contribution in [0.2, 0.25) is 0 Å². The Balaban J connectivity index is 0.000000226. The molecule has 0 spiro atoms. The summed E-state index contributed by atoms with van der Waals surface area (Å²) < 4.78 is 0. The monoisotopic (exact) mass is 199 g/mol. The summed E-state index contributed by atoms with van der Waals surface area (Å²) in [5.41, 5.74) is 4.85. The van der Waals surface area contributed by atoms with Gasteiger partial charge in [-0.15, -0.1) is 12.6 Å². The van der Waals surface area contributed by atoms with Gasteiger partial charge in [0.05, 0.1) is 6.42 Å². The number of benzene rings is 1. The zero-order valence-corrected chi connectivity index (χ0v) is 8.08. The number of aliphatic carboxylic acids is 1. The molecule has 0 aliphatic heterocycles. The van der Waals surface area contributed by atoms with E-state index in [-0.39, 0.29) is 13.0 Å². The van der Waals surface area contributed by atoms with Crippen molar-refractivity contribution in [3.8, 4) is 0 Å². The van der Waals surface area contributed by atoms with Crippen LogP contribution in [0.15, 0.2) is 35.2 Å². The largest absolute Gasteiger partial charge is 0.481 e. The Kier molecular flexibility index (Phi) is 7.05. The second-order valence-electron chi connectivity index (χ2n) is 2.27. The molecule has 3 nitrogen and oxygen atoms in total. The van der Waals surface area contributed by atoms with Crippen molar-refractivity contribution >= 4 is 18.6 Å². The molecule has 1 aromatic rings. The number of carboxylic acids is 1. The Morgan fingerprint density at radius 2 is 1.92 bits per heavy atom. The molecule has 0 aliphatic rings. The van der Waals surface area contributed by atoms with Crippen LogP contribution >= 0.6 is 12.6 Å². The molecular weight excluding hydrogens is 186 g/mol. The molecule has 0 saturated heterocycles. The maximum Gasteiger partial charge on any atom is 0.304 e. The van der Waals surface area contributed by atoms with Gasteiger partial charge < -0.3 is 10.8 Å². The molecule has 72 valence electrons. The van der Waals surface area contributed by atoms with E-state index in [1.807, 2.05) is 30.3 Å². The molecule has 0 aliphatic carbocycles. The number of nitrogens with two attached hydrogens (primary N) is 1. The van der Waals surface area contributed by atoms with E-state index >= 15 is 0 Å². The van der Waals surface area contributed by atoms with Crippen LogP contribution in [-0.2, 0) is 4.79 Å². The predicted molar refractivity (Wildman–Crippen MR) is 55.0 cm³/mol. The van der Waals surface area contributed by atoms with E-state index in [0.29, 0.717) is 0 Å². The number of hydrogen-bond donors (Lipinski definition) is 3. The number of carbonyl (C=O) groups is 1. The fourth-order valence-electron chi connectivity index (χ4n) is 0.551. The Labute approximate surface area is 83.0 Å². The number of carboxylic acid groups (broad SMARTS) is 1. The molecule has 0 aromatic heterocycles. The highest BCUT2D eigenvalue weighted by atomic mass is 32.1. The molecule has 4 heteroatoms. The molecule has 0 saturated carbocycles. The number of rotatable bonds is 2. The van der Waals surface area contributed by atoms with Gasteiger partial charge in [-0.3, -0.25) is 4.79 Å². The summed E-state index contributed by atoms with van der Waals surface area (Å²) in [7, 11) is 0. The van der Waals surface area contributed by atoms with Crippen LogP contribution in [0.3, 0.4) is 0 Å². The predicted octanol–water partition coefficient (Wildman–Crippen LogP) is 1.40. The van der Waals surface area contributed by atoms with Crippen LogP contribution in [0.4, 0.5) is 0 Å². The quantitative estimate of drug-likeness (QED) is 0.631. The molecule has 0 atom stereocenters. The van der Waals surface area contributed by atoms with Gasteiger partial charge in [0.25, 0.3) is 0 Å². The van der Waals surface area contributed by atoms with Gasteiger partial charge >= 0.3 is 5.97 Å². The van der Waals surface area contributed by atoms with Gasteiger partial charge in [0.2, 0.25) is 0 Å². The fraction of sp³-hybridized carbons (Fsp3) is 0.222. The maximum absolute atomic E-state index is 9.52. The third-order valence-electron chi connectivity index (χ3n) is 1.11. The Morgan fingerprint density at radius 3 is 2.08 bits per heavy atom. The maximum atomic E-state index is 9.52. The first kappa shape index (κ1) is 12.0. The highest BCUT2D eigenvalue weighted by Crippen LogP contribution is 2.00. The van der Waals surface area contributed by atoms with E-state index in [2.05, 4.69) is 12.6 Å². The SMILES string of the molecule is NCCC(=O)O.Sc1ccccc1. The Hall–Kier alpha value is -1.00. The summed E-state index contributed by atoms with van der Waals surface area (Å²) in [5, 5.41) is 7.83. The molecule has 3 N–H and O–H groups in total. The van der Waals surface area contributed by atoms with Gasteiger partial charge in [0.15, 0.2) is 0 Å². The topological polar surface area (TPSA) is 63.3 Å². The standard InChI is InChI=1S/C6H6S.C3H7NO2/c7-6-4-2-1-3-5-6;4-2-1-3(5)6/h1-5,7H;1-2,4H2,(H,5,6). The summed E-state index contributed by atoms with van der Waals surface area (Å²) >= 11 is 4.08. The molecule has 0 fully saturated rings. The van der Waals surface area contributed by atoms with Crippen LogP contribution in [0, 0.1) is 0 Å².